The molecule has 0 saturated carbocycles. The minimum Gasteiger partial charge on any atom is -0.351 e. The van der Waals surface area contributed by atoms with Gasteiger partial charge in [0.25, 0.3) is 10.0 Å². The van der Waals surface area contributed by atoms with Crippen LogP contribution in [0.15, 0.2) is 12.3 Å². The van der Waals surface area contributed by atoms with E-state index in [4.69, 9.17) is 10.5 Å². The van der Waals surface area contributed by atoms with Crippen molar-refractivity contribution in [3.8, 4) is 0 Å². The maximum Gasteiger partial charge on any atom is 0.418 e. The van der Waals surface area contributed by atoms with Gasteiger partial charge in [0.2, 0.25) is 0 Å². The summed E-state index contributed by atoms with van der Waals surface area (Å²) in [6.07, 6.45) is -3.88. The van der Waals surface area contributed by atoms with E-state index in [0.29, 0.717) is 11.3 Å². The van der Waals surface area contributed by atoms with Crippen LogP contribution in [-0.4, -0.2) is 51.6 Å². The molecule has 5 atom stereocenters. The van der Waals surface area contributed by atoms with Crippen LogP contribution in [0.4, 0.5) is 22.0 Å². The molecule has 38 heavy (non-hydrogen) atoms. The molecule has 3 heterocycles. The van der Waals surface area contributed by atoms with Crippen LogP contribution in [0.1, 0.15) is 75.0 Å². The molecule has 1 aromatic carbocycles. The predicted molar refractivity (Wildman–Crippen MR) is 131 cm³/mol. The van der Waals surface area contributed by atoms with Crippen molar-refractivity contribution in [2.75, 3.05) is 5.75 Å². The van der Waals surface area contributed by atoms with E-state index in [9.17, 15) is 26.0 Å². The summed E-state index contributed by atoms with van der Waals surface area (Å²) in [5.74, 6) is -1.83. The highest BCUT2D eigenvalue weighted by Crippen LogP contribution is 2.56. The van der Waals surface area contributed by atoms with Crippen LogP contribution in [0, 0.1) is 25.5 Å². The third-order valence-corrected chi connectivity index (χ3v) is 10.2. The molecule has 1 unspecified atom stereocenters. The van der Waals surface area contributed by atoms with Crippen molar-refractivity contribution in [1.82, 2.24) is 14.1 Å². The van der Waals surface area contributed by atoms with Crippen molar-refractivity contribution >= 4 is 10.0 Å². The number of rotatable bonds is 4. The lowest BCUT2D eigenvalue weighted by Crippen LogP contribution is -2.74. The molecule has 1 saturated heterocycles. The zero-order valence-corrected chi connectivity index (χ0v) is 23.2. The highest BCUT2D eigenvalue weighted by Gasteiger charge is 2.69. The molecule has 0 spiro atoms. The number of aromatic nitrogens is 2. The van der Waals surface area contributed by atoms with Crippen molar-refractivity contribution < 1.29 is 35.1 Å². The van der Waals surface area contributed by atoms with E-state index in [1.54, 1.807) is 6.92 Å². The number of nitrogens with two attached hydrogens (primary N) is 1. The first-order valence-electron chi connectivity index (χ1n) is 12.3. The normalized spacial score (nSPS) is 32.6. The summed E-state index contributed by atoms with van der Waals surface area (Å²) in [6.45, 7) is 9.42. The topological polar surface area (TPSA) is 90.5 Å². The van der Waals surface area contributed by atoms with E-state index >= 15 is 4.39 Å². The number of fused-ring (bicyclic) bond motifs is 1. The molecule has 212 valence electrons. The van der Waals surface area contributed by atoms with E-state index in [0.717, 1.165) is 17.1 Å². The van der Waals surface area contributed by atoms with Crippen LogP contribution in [0.2, 0.25) is 0 Å². The summed E-state index contributed by atoms with van der Waals surface area (Å²) in [4.78, 5) is 1.54. The first-order chi connectivity index (χ1) is 17.2. The lowest BCUT2D eigenvalue weighted by molar-refractivity contribution is -0.354. The molecule has 2 aliphatic rings. The first-order valence-corrected chi connectivity index (χ1v) is 13.9. The van der Waals surface area contributed by atoms with E-state index in [1.165, 1.54) is 45.7 Å². The third-order valence-electron chi connectivity index (χ3n) is 8.73. The highest BCUT2D eigenvalue weighted by atomic mass is 32.2. The Hall–Kier alpha value is -2.09. The number of nitrogens with zero attached hydrogens (tertiary/aromatic N) is 3. The fourth-order valence-electron chi connectivity index (χ4n) is 5.65. The Morgan fingerprint density at radius 1 is 1.18 bits per heavy atom. The molecule has 13 heteroatoms. The molecular weight excluding hydrogens is 531 g/mol. The van der Waals surface area contributed by atoms with Crippen LogP contribution in [0.25, 0.3) is 0 Å². The van der Waals surface area contributed by atoms with Gasteiger partial charge in [-0.1, -0.05) is 0 Å². The van der Waals surface area contributed by atoms with Crippen LogP contribution < -0.4 is 5.73 Å². The molecule has 1 aromatic heterocycles. The lowest BCUT2D eigenvalue weighted by atomic mass is 9.67. The van der Waals surface area contributed by atoms with Gasteiger partial charge in [-0.15, -0.1) is 0 Å². The zero-order valence-electron chi connectivity index (χ0n) is 22.4. The van der Waals surface area contributed by atoms with Gasteiger partial charge in [-0.25, -0.2) is 17.2 Å². The van der Waals surface area contributed by atoms with Gasteiger partial charge >= 0.3 is 6.18 Å². The summed E-state index contributed by atoms with van der Waals surface area (Å²) >= 11 is 0. The van der Waals surface area contributed by atoms with E-state index in [-0.39, 0.29) is 35.4 Å². The van der Waals surface area contributed by atoms with Crippen molar-refractivity contribution in [2.24, 2.45) is 5.73 Å². The second kappa shape index (κ2) is 8.70. The molecule has 2 N–H and O–H groups in total. The quantitative estimate of drug-likeness (QED) is 0.547. The Kier molecular flexibility index (Phi) is 6.62. The Labute approximate surface area is 219 Å². The van der Waals surface area contributed by atoms with Gasteiger partial charge in [-0.05, 0) is 72.1 Å². The summed E-state index contributed by atoms with van der Waals surface area (Å²) in [7, 11) is -3.67. The number of hydrogen-bond acceptors (Lipinski definition) is 6. The first kappa shape index (κ1) is 28.9. The van der Waals surface area contributed by atoms with Crippen LogP contribution in [-0.2, 0) is 26.9 Å². The molecule has 1 fully saturated rings. The molecule has 0 radical (unpaired) electrons. The van der Waals surface area contributed by atoms with Gasteiger partial charge in [0.05, 0.1) is 17.5 Å². The van der Waals surface area contributed by atoms with Gasteiger partial charge in [0, 0.05) is 35.4 Å². The summed E-state index contributed by atoms with van der Waals surface area (Å²) in [5, 5.41) is 4.13. The third kappa shape index (κ3) is 3.99. The molecule has 4 rings (SSSR count). The molecule has 2 aromatic rings. The Balaban J connectivity index is 1.81. The molecule has 7 nitrogen and oxygen atoms in total. The van der Waals surface area contributed by atoms with Crippen molar-refractivity contribution in [2.45, 2.75) is 96.4 Å². The van der Waals surface area contributed by atoms with E-state index in [2.05, 4.69) is 5.10 Å². The van der Waals surface area contributed by atoms with Crippen LogP contribution in [0.5, 0.6) is 0 Å². The fraction of sp³-hybridized carbons (Fsp3) is 0.640. The van der Waals surface area contributed by atoms with Gasteiger partial charge in [-0.3, -0.25) is 4.90 Å². The Morgan fingerprint density at radius 3 is 2.32 bits per heavy atom. The predicted octanol–water partition coefficient (Wildman–Crippen LogP) is 4.60. The number of halogens is 5. The molecule has 0 bridgehead atoms. The monoisotopic (exact) mass is 564 g/mol. The molecule has 0 amide bonds. The maximum atomic E-state index is 15.5. The summed E-state index contributed by atoms with van der Waals surface area (Å²) in [6, 6.07) is -1.12. The maximum absolute atomic E-state index is 15.5. The van der Waals surface area contributed by atoms with Crippen LogP contribution >= 0.6 is 0 Å². The standard InChI is InChI=1S/C25H33F5N4O3S/c1-8-38(35,36)34-11-16-15(4)33(12-19(16)32-34)20-10-22(5,31)23(6,37-24(20,7)25(28,29)30)17-9-18(26)13(2)14(3)21(17)27/h9,11,15,20H,8,10,12,31H2,1-7H3/t15?,20-,22+,23-,24+/m1/s1. The molecule has 0 aliphatic carbocycles. The summed E-state index contributed by atoms with van der Waals surface area (Å²) < 4.78 is 106. The Morgan fingerprint density at radius 2 is 1.79 bits per heavy atom. The van der Waals surface area contributed by atoms with Crippen molar-refractivity contribution in [1.29, 1.82) is 0 Å². The summed E-state index contributed by atoms with van der Waals surface area (Å²) in [5.41, 5.74) is 0.648. The largest absolute Gasteiger partial charge is 0.418 e. The van der Waals surface area contributed by atoms with Crippen molar-refractivity contribution in [3.05, 3.63) is 51.8 Å². The minimum absolute atomic E-state index is 0.0333. The van der Waals surface area contributed by atoms with Gasteiger partial charge in [0.1, 0.15) is 17.2 Å². The molecular formula is C25H33F5N4O3S. The second-order valence-electron chi connectivity index (χ2n) is 11.0. The number of benzene rings is 1. The zero-order chi connectivity index (χ0) is 28.8. The fourth-order valence-corrected chi connectivity index (χ4v) is 6.41. The van der Waals surface area contributed by atoms with Crippen molar-refractivity contribution in [3.63, 3.8) is 0 Å². The molecule has 2 aliphatic heterocycles. The average Bonchev–Trinajstić information content (AvgIpc) is 3.36. The Bertz CT molecular complexity index is 1390. The van der Waals surface area contributed by atoms with Gasteiger partial charge in [0.15, 0.2) is 5.60 Å². The van der Waals surface area contributed by atoms with Crippen LogP contribution in [0.3, 0.4) is 0 Å². The highest BCUT2D eigenvalue weighted by molar-refractivity contribution is 7.89. The number of hydrogen-bond donors (Lipinski definition) is 1. The van der Waals surface area contributed by atoms with E-state index in [1.807, 2.05) is 0 Å². The second-order valence-corrected chi connectivity index (χ2v) is 13.1. The number of alkyl halides is 3. The minimum atomic E-state index is -4.92. The van der Waals surface area contributed by atoms with E-state index < -0.39 is 56.7 Å². The SMILES string of the molecule is CCS(=O)(=O)n1cc2c(n1)CN([C@@H]1C[C@](C)(N)[C@@](C)(c3cc(F)c(C)c(C)c3F)O[C@]1(C)C(F)(F)F)C2C. The number of ether oxygens (including phenoxy) is 1. The average molecular weight is 565 g/mol. The lowest BCUT2D eigenvalue weighted by Gasteiger charge is -2.59. The van der Waals surface area contributed by atoms with Gasteiger partial charge in [-0.2, -0.15) is 22.4 Å². The van der Waals surface area contributed by atoms with Gasteiger partial charge < -0.3 is 10.5 Å². The smallest absolute Gasteiger partial charge is 0.351 e.